The number of rotatable bonds is 8. The number of amides is 1. The molecule has 3 aromatic rings. The minimum atomic E-state index is -0.151. The number of carbonyl (C=O) groups is 1. The summed E-state index contributed by atoms with van der Waals surface area (Å²) in [4.78, 5) is 20.4. The lowest BCUT2D eigenvalue weighted by Crippen LogP contribution is -2.47. The van der Waals surface area contributed by atoms with E-state index in [1.807, 2.05) is 41.8 Å². The number of benzene rings is 1. The van der Waals surface area contributed by atoms with Crippen LogP contribution < -0.4 is 5.32 Å². The second kappa shape index (κ2) is 11.0. The van der Waals surface area contributed by atoms with Crippen LogP contribution in [0.5, 0.6) is 0 Å². The van der Waals surface area contributed by atoms with Gasteiger partial charge in [0.2, 0.25) is 0 Å². The molecule has 35 heavy (non-hydrogen) atoms. The van der Waals surface area contributed by atoms with Gasteiger partial charge in [-0.2, -0.15) is 5.26 Å². The van der Waals surface area contributed by atoms with E-state index in [9.17, 15) is 10.1 Å². The first-order chi connectivity index (χ1) is 17.1. The number of fused-ring (bicyclic) bond motifs is 1. The van der Waals surface area contributed by atoms with Crippen molar-refractivity contribution in [2.75, 3.05) is 19.6 Å². The number of piperidine rings is 1. The highest BCUT2D eigenvalue weighted by Gasteiger charge is 2.25. The number of aryl methyl sites for hydroxylation is 1. The molecule has 0 radical (unpaired) electrons. The highest BCUT2D eigenvalue weighted by Crippen LogP contribution is 2.28. The molecule has 0 saturated carbocycles. The third-order valence-electron chi connectivity index (χ3n) is 6.64. The zero-order valence-corrected chi connectivity index (χ0v) is 20.2. The fourth-order valence-electron chi connectivity index (χ4n) is 4.91. The summed E-state index contributed by atoms with van der Waals surface area (Å²) < 4.78 is 1.84. The van der Waals surface area contributed by atoms with Crippen molar-refractivity contribution in [1.29, 1.82) is 5.26 Å². The van der Waals surface area contributed by atoms with Gasteiger partial charge in [-0.05, 0) is 62.2 Å². The van der Waals surface area contributed by atoms with E-state index < -0.39 is 0 Å². The van der Waals surface area contributed by atoms with Gasteiger partial charge in [-0.1, -0.05) is 49.9 Å². The molecule has 1 fully saturated rings. The van der Waals surface area contributed by atoms with Crippen molar-refractivity contribution in [1.82, 2.24) is 19.8 Å². The minimum absolute atomic E-state index is 0.0326. The van der Waals surface area contributed by atoms with Crippen LogP contribution in [0, 0.1) is 18.3 Å². The zero-order chi connectivity index (χ0) is 24.8. The maximum atomic E-state index is 13.6. The first-order valence-corrected chi connectivity index (χ1v) is 12.0. The van der Waals surface area contributed by atoms with E-state index >= 15 is 0 Å². The maximum absolute atomic E-state index is 13.6. The quantitative estimate of drug-likeness (QED) is 0.471. The topological polar surface area (TPSA) is 74.0 Å². The lowest BCUT2D eigenvalue weighted by molar-refractivity contribution is 0.0936. The van der Waals surface area contributed by atoms with E-state index in [-0.39, 0.29) is 11.9 Å². The second-order valence-corrected chi connectivity index (χ2v) is 8.80. The van der Waals surface area contributed by atoms with Crippen LogP contribution in [0.3, 0.4) is 0 Å². The van der Waals surface area contributed by atoms with Crippen LogP contribution in [0.2, 0.25) is 0 Å². The molecule has 3 heterocycles. The molecule has 4 rings (SSSR count). The van der Waals surface area contributed by atoms with Crippen LogP contribution in [-0.4, -0.2) is 46.0 Å². The summed E-state index contributed by atoms with van der Waals surface area (Å²) in [6.07, 6.45) is 12.6. The number of likely N-dealkylation sites (tertiary alicyclic amines) is 1. The van der Waals surface area contributed by atoms with E-state index in [0.717, 1.165) is 48.0 Å². The summed E-state index contributed by atoms with van der Waals surface area (Å²) in [6, 6.07) is 11.6. The molecule has 6 nitrogen and oxygen atoms in total. The number of aromatic nitrogens is 2. The number of hydrogen-bond acceptors (Lipinski definition) is 4. The third-order valence-corrected chi connectivity index (χ3v) is 6.64. The summed E-state index contributed by atoms with van der Waals surface area (Å²) in [6.45, 7) is 12.3. The maximum Gasteiger partial charge on any atom is 0.253 e. The van der Waals surface area contributed by atoms with Crippen molar-refractivity contribution in [3.05, 3.63) is 96.4 Å². The number of nitrogens with zero attached hydrogens (tertiary/aromatic N) is 4. The summed E-state index contributed by atoms with van der Waals surface area (Å²) >= 11 is 0. The van der Waals surface area contributed by atoms with E-state index in [0.29, 0.717) is 23.5 Å². The second-order valence-electron chi connectivity index (χ2n) is 8.80. The normalized spacial score (nSPS) is 15.4. The Morgan fingerprint density at radius 2 is 2.03 bits per heavy atom. The van der Waals surface area contributed by atoms with Gasteiger partial charge in [0.05, 0.1) is 22.7 Å². The molecule has 0 bridgehead atoms. The number of allylic oxidation sites excluding steroid dienone is 2. The molecule has 1 aliphatic heterocycles. The van der Waals surface area contributed by atoms with Crippen molar-refractivity contribution in [2.24, 2.45) is 0 Å². The fourth-order valence-corrected chi connectivity index (χ4v) is 4.91. The number of carbonyl (C=O) groups excluding carboxylic acids is 1. The fraction of sp³-hybridized carbons (Fsp3) is 0.276. The molecule has 1 N–H and O–H groups in total. The molecule has 1 unspecified atom stereocenters. The predicted octanol–water partition coefficient (Wildman–Crippen LogP) is 5.09. The largest absolute Gasteiger partial charge is 0.350 e. The number of nitriles is 1. The molecular weight excluding hydrogens is 434 g/mol. The Balaban J connectivity index is 1.69. The highest BCUT2D eigenvalue weighted by molar-refractivity contribution is 6.08. The summed E-state index contributed by atoms with van der Waals surface area (Å²) in [5.74, 6) is 0.361. The molecule has 2 aromatic heterocycles. The number of nitrogens with one attached hydrogen (secondary N) is 1. The van der Waals surface area contributed by atoms with Crippen molar-refractivity contribution in [3.8, 4) is 11.9 Å². The average molecular weight is 466 g/mol. The monoisotopic (exact) mass is 465 g/mol. The number of hydrogen-bond donors (Lipinski definition) is 1. The summed E-state index contributed by atoms with van der Waals surface area (Å²) in [5, 5.41) is 13.6. The van der Waals surface area contributed by atoms with Crippen molar-refractivity contribution >= 4 is 16.8 Å². The van der Waals surface area contributed by atoms with Gasteiger partial charge in [0, 0.05) is 24.3 Å². The van der Waals surface area contributed by atoms with Crippen molar-refractivity contribution in [2.45, 2.75) is 32.2 Å². The van der Waals surface area contributed by atoms with Gasteiger partial charge in [-0.3, -0.25) is 14.3 Å². The van der Waals surface area contributed by atoms with Crippen LogP contribution in [0.25, 0.3) is 16.7 Å². The molecule has 1 atom stereocenters. The first kappa shape index (κ1) is 24.2. The molecule has 1 aromatic carbocycles. The highest BCUT2D eigenvalue weighted by atomic mass is 16.1. The Morgan fingerprint density at radius 1 is 1.23 bits per heavy atom. The molecule has 1 amide bonds. The zero-order valence-electron chi connectivity index (χ0n) is 20.2. The molecule has 1 saturated heterocycles. The SMILES string of the molecule is C=CC=C(C=C)C(CNC(=O)c1cn(-c2ncccc2C#N)c2cccc(C)c12)N1CCCCC1. The van der Waals surface area contributed by atoms with Gasteiger partial charge in [-0.15, -0.1) is 0 Å². The smallest absolute Gasteiger partial charge is 0.253 e. The molecule has 1 aliphatic rings. The predicted molar refractivity (Wildman–Crippen MR) is 141 cm³/mol. The van der Waals surface area contributed by atoms with Crippen molar-refractivity contribution in [3.63, 3.8) is 0 Å². The molecule has 178 valence electrons. The Bertz CT molecular complexity index is 1320. The van der Waals surface area contributed by atoms with Gasteiger partial charge in [0.15, 0.2) is 5.82 Å². The standard InChI is InChI=1S/C29H31N5O/c1-4-11-22(5-2)26(33-16-7-6-8-17-33)19-32-29(35)24-20-34(25-14-9-12-21(3)27(24)25)28-23(18-30)13-10-15-31-28/h4-5,9-15,20,26H,1-2,6-8,16-17,19H2,3H3,(H,32,35). The Hall–Kier alpha value is -3.95. The van der Waals surface area contributed by atoms with Crippen LogP contribution in [0.4, 0.5) is 0 Å². The van der Waals surface area contributed by atoms with Crippen LogP contribution in [-0.2, 0) is 0 Å². The Labute approximate surface area is 206 Å². The van der Waals surface area contributed by atoms with E-state index in [2.05, 4.69) is 34.4 Å². The molecule has 0 spiro atoms. The lowest BCUT2D eigenvalue weighted by atomic mass is 10.0. The van der Waals surface area contributed by atoms with Crippen LogP contribution >= 0.6 is 0 Å². The van der Waals surface area contributed by atoms with Gasteiger partial charge in [-0.25, -0.2) is 4.98 Å². The summed E-state index contributed by atoms with van der Waals surface area (Å²) in [5.41, 5.74) is 3.90. The van der Waals surface area contributed by atoms with Gasteiger partial charge < -0.3 is 5.32 Å². The summed E-state index contributed by atoms with van der Waals surface area (Å²) in [7, 11) is 0. The van der Waals surface area contributed by atoms with Crippen LogP contribution in [0.1, 0.15) is 40.7 Å². The molecule has 0 aliphatic carbocycles. The molecular formula is C29H31N5O. The van der Waals surface area contributed by atoms with Crippen molar-refractivity contribution < 1.29 is 4.79 Å². The van der Waals surface area contributed by atoms with Gasteiger partial charge >= 0.3 is 0 Å². The van der Waals surface area contributed by atoms with Gasteiger partial charge in [0.1, 0.15) is 6.07 Å². The molecule has 6 heteroatoms. The Kier molecular flexibility index (Phi) is 7.59. The van der Waals surface area contributed by atoms with E-state index in [4.69, 9.17) is 0 Å². The third kappa shape index (κ3) is 4.96. The Morgan fingerprint density at radius 3 is 2.74 bits per heavy atom. The van der Waals surface area contributed by atoms with E-state index in [1.165, 1.54) is 6.42 Å². The van der Waals surface area contributed by atoms with E-state index in [1.54, 1.807) is 30.6 Å². The first-order valence-electron chi connectivity index (χ1n) is 12.0. The number of pyridine rings is 1. The lowest BCUT2D eigenvalue weighted by Gasteiger charge is -2.35. The van der Waals surface area contributed by atoms with Crippen LogP contribution in [0.15, 0.2) is 79.7 Å². The van der Waals surface area contributed by atoms with Gasteiger partial charge in [0.25, 0.3) is 5.91 Å². The average Bonchev–Trinajstić information content (AvgIpc) is 3.29. The minimum Gasteiger partial charge on any atom is -0.350 e.